The summed E-state index contributed by atoms with van der Waals surface area (Å²) in [6.07, 6.45) is 0. The first kappa shape index (κ1) is 13.6. The molecule has 0 aliphatic rings. The smallest absolute Gasteiger partial charge is 0.255 e. The maximum absolute atomic E-state index is 12.0. The van der Waals surface area contributed by atoms with Gasteiger partial charge in [0.15, 0.2) is 0 Å². The molecule has 0 atom stereocenters. The zero-order chi connectivity index (χ0) is 13.8. The number of hydrogen-bond donors (Lipinski definition) is 1. The molecule has 5 heteroatoms. The van der Waals surface area contributed by atoms with Gasteiger partial charge in [-0.3, -0.25) is 4.79 Å². The van der Waals surface area contributed by atoms with Crippen LogP contribution in [0.25, 0.3) is 0 Å². The van der Waals surface area contributed by atoms with Crippen molar-refractivity contribution in [2.45, 2.75) is 0 Å². The third-order valence-corrected chi connectivity index (χ3v) is 3.30. The molecule has 0 radical (unpaired) electrons. The quantitative estimate of drug-likeness (QED) is 0.893. The van der Waals surface area contributed by atoms with Crippen LogP contribution in [0.4, 0.5) is 5.69 Å². The van der Waals surface area contributed by atoms with Gasteiger partial charge in [0.05, 0.1) is 10.6 Å². The van der Waals surface area contributed by atoms with Gasteiger partial charge in [0, 0.05) is 15.7 Å². The number of carbonyl (C=O) groups excluding carboxylic acids is 1. The molecule has 0 aliphatic heterocycles. The molecule has 1 N–H and O–H groups in total. The van der Waals surface area contributed by atoms with Crippen molar-refractivity contribution in [1.82, 2.24) is 0 Å². The molecule has 2 aromatic rings. The minimum absolute atomic E-state index is 0.228. The summed E-state index contributed by atoms with van der Waals surface area (Å²) in [5.74, 6) is -0.228. The lowest BCUT2D eigenvalue weighted by atomic mass is 10.2. The minimum Gasteiger partial charge on any atom is -0.322 e. The summed E-state index contributed by atoms with van der Waals surface area (Å²) >= 11 is 9.21. The summed E-state index contributed by atoms with van der Waals surface area (Å²) in [6, 6.07) is 13.7. The van der Waals surface area contributed by atoms with Gasteiger partial charge < -0.3 is 5.32 Å². The molecule has 2 rings (SSSR count). The number of amides is 1. The van der Waals surface area contributed by atoms with Gasteiger partial charge in [0.2, 0.25) is 0 Å². The first-order valence-electron chi connectivity index (χ1n) is 5.37. The molecule has 0 aliphatic carbocycles. The maximum atomic E-state index is 12.0. The molecule has 0 aromatic heterocycles. The van der Waals surface area contributed by atoms with Crippen LogP contribution in [0.15, 0.2) is 46.9 Å². The summed E-state index contributed by atoms with van der Waals surface area (Å²) in [5.41, 5.74) is 1.48. The van der Waals surface area contributed by atoms with E-state index in [9.17, 15) is 4.79 Å². The summed E-state index contributed by atoms with van der Waals surface area (Å²) in [7, 11) is 0. The molecule has 2 aromatic carbocycles. The minimum atomic E-state index is -0.228. The standard InChI is InChI=1S/C14H8BrClN2O/c15-11-4-1-9(2-5-11)14(19)18-12-6-3-10(8-17)13(16)7-12/h1-7H,(H,18,19). The van der Waals surface area contributed by atoms with Crippen molar-refractivity contribution in [2.24, 2.45) is 0 Å². The summed E-state index contributed by atoms with van der Waals surface area (Å²) in [5, 5.41) is 11.8. The van der Waals surface area contributed by atoms with E-state index >= 15 is 0 Å². The zero-order valence-electron chi connectivity index (χ0n) is 9.65. The van der Waals surface area contributed by atoms with Crippen molar-refractivity contribution < 1.29 is 4.79 Å². The number of benzene rings is 2. The monoisotopic (exact) mass is 334 g/mol. The van der Waals surface area contributed by atoms with Crippen molar-refractivity contribution in [3.05, 3.63) is 63.1 Å². The first-order valence-corrected chi connectivity index (χ1v) is 6.54. The van der Waals surface area contributed by atoms with Crippen molar-refractivity contribution in [3.63, 3.8) is 0 Å². The van der Waals surface area contributed by atoms with Crippen molar-refractivity contribution in [1.29, 1.82) is 5.26 Å². The van der Waals surface area contributed by atoms with E-state index < -0.39 is 0 Å². The Hall–Kier alpha value is -1.83. The molecule has 0 saturated heterocycles. The van der Waals surface area contributed by atoms with Gasteiger partial charge in [-0.2, -0.15) is 5.26 Å². The van der Waals surface area contributed by atoms with Gasteiger partial charge in [-0.05, 0) is 42.5 Å². The number of nitriles is 1. The van der Waals surface area contributed by atoms with Crippen LogP contribution in [0.2, 0.25) is 5.02 Å². The van der Waals surface area contributed by atoms with Gasteiger partial charge in [-0.1, -0.05) is 27.5 Å². The Bertz CT molecular complexity index is 662. The van der Waals surface area contributed by atoms with Crippen LogP contribution >= 0.6 is 27.5 Å². The van der Waals surface area contributed by atoms with Gasteiger partial charge in [0.1, 0.15) is 6.07 Å². The highest BCUT2D eigenvalue weighted by molar-refractivity contribution is 9.10. The van der Waals surface area contributed by atoms with E-state index in [1.807, 2.05) is 6.07 Å². The van der Waals surface area contributed by atoms with Crippen LogP contribution in [0, 0.1) is 11.3 Å². The van der Waals surface area contributed by atoms with Crippen LogP contribution in [0.3, 0.4) is 0 Å². The predicted molar refractivity (Wildman–Crippen MR) is 78.3 cm³/mol. The molecule has 0 heterocycles. The molecular weight excluding hydrogens is 328 g/mol. The SMILES string of the molecule is N#Cc1ccc(NC(=O)c2ccc(Br)cc2)cc1Cl. The first-order chi connectivity index (χ1) is 9.10. The molecule has 19 heavy (non-hydrogen) atoms. The topological polar surface area (TPSA) is 52.9 Å². The van der Waals surface area contributed by atoms with E-state index in [0.717, 1.165) is 4.47 Å². The van der Waals surface area contributed by atoms with Crippen LogP contribution in [-0.2, 0) is 0 Å². The highest BCUT2D eigenvalue weighted by Gasteiger charge is 2.07. The van der Waals surface area contributed by atoms with E-state index in [2.05, 4.69) is 21.2 Å². The van der Waals surface area contributed by atoms with Crippen LogP contribution < -0.4 is 5.32 Å². The summed E-state index contributed by atoms with van der Waals surface area (Å²) in [6.45, 7) is 0. The third-order valence-electron chi connectivity index (χ3n) is 2.45. The molecule has 1 amide bonds. The van der Waals surface area contributed by atoms with Crippen LogP contribution in [-0.4, -0.2) is 5.91 Å². The fourth-order valence-electron chi connectivity index (χ4n) is 1.49. The highest BCUT2D eigenvalue weighted by atomic mass is 79.9. The van der Waals surface area contributed by atoms with Crippen LogP contribution in [0.1, 0.15) is 15.9 Å². The van der Waals surface area contributed by atoms with Crippen molar-refractivity contribution >= 4 is 39.1 Å². The van der Waals surface area contributed by atoms with E-state index in [0.29, 0.717) is 21.8 Å². The second-order valence-electron chi connectivity index (χ2n) is 3.77. The fraction of sp³-hybridized carbons (Fsp3) is 0. The predicted octanol–water partition coefficient (Wildman–Crippen LogP) is 4.23. The van der Waals surface area contributed by atoms with Gasteiger partial charge in [-0.15, -0.1) is 0 Å². The number of anilines is 1. The molecule has 3 nitrogen and oxygen atoms in total. The van der Waals surface area contributed by atoms with Gasteiger partial charge in [-0.25, -0.2) is 0 Å². The Morgan fingerprint density at radius 2 is 1.89 bits per heavy atom. The third kappa shape index (κ3) is 3.34. The lowest BCUT2D eigenvalue weighted by Crippen LogP contribution is -2.11. The lowest BCUT2D eigenvalue weighted by molar-refractivity contribution is 0.102. The zero-order valence-corrected chi connectivity index (χ0v) is 12.0. The normalized spacial score (nSPS) is 9.74. The van der Waals surface area contributed by atoms with Gasteiger partial charge >= 0.3 is 0 Å². The Morgan fingerprint density at radius 1 is 1.21 bits per heavy atom. The molecule has 0 spiro atoms. The molecule has 0 bridgehead atoms. The largest absolute Gasteiger partial charge is 0.322 e. The number of hydrogen-bond acceptors (Lipinski definition) is 2. The molecular formula is C14H8BrClN2O. The highest BCUT2D eigenvalue weighted by Crippen LogP contribution is 2.21. The summed E-state index contributed by atoms with van der Waals surface area (Å²) in [4.78, 5) is 12.0. The Kier molecular flexibility index (Phi) is 4.20. The number of halogens is 2. The lowest BCUT2D eigenvalue weighted by Gasteiger charge is -2.06. The Morgan fingerprint density at radius 3 is 2.47 bits per heavy atom. The average Bonchev–Trinajstić information content (AvgIpc) is 2.39. The second kappa shape index (κ2) is 5.87. The van der Waals surface area contributed by atoms with E-state index in [1.54, 1.807) is 42.5 Å². The number of nitrogens with zero attached hydrogens (tertiary/aromatic N) is 1. The van der Waals surface area contributed by atoms with E-state index in [-0.39, 0.29) is 5.91 Å². The Labute approximate surface area is 123 Å². The van der Waals surface area contributed by atoms with Crippen LogP contribution in [0.5, 0.6) is 0 Å². The van der Waals surface area contributed by atoms with E-state index in [1.165, 1.54) is 0 Å². The molecule has 0 unspecified atom stereocenters. The van der Waals surface area contributed by atoms with Crippen molar-refractivity contribution in [3.8, 4) is 6.07 Å². The number of rotatable bonds is 2. The maximum Gasteiger partial charge on any atom is 0.255 e. The average molecular weight is 336 g/mol. The number of nitrogens with one attached hydrogen (secondary N) is 1. The second-order valence-corrected chi connectivity index (χ2v) is 5.09. The number of carbonyl (C=O) groups is 1. The molecule has 0 fully saturated rings. The van der Waals surface area contributed by atoms with Crippen molar-refractivity contribution in [2.75, 3.05) is 5.32 Å². The summed E-state index contributed by atoms with van der Waals surface area (Å²) < 4.78 is 0.908. The Balaban J connectivity index is 2.17. The molecule has 0 saturated carbocycles. The fourth-order valence-corrected chi connectivity index (χ4v) is 1.98. The van der Waals surface area contributed by atoms with Gasteiger partial charge in [0.25, 0.3) is 5.91 Å². The van der Waals surface area contributed by atoms with E-state index in [4.69, 9.17) is 16.9 Å². The molecule has 94 valence electrons.